The largest absolute Gasteiger partial charge is 0.321 e. The van der Waals surface area contributed by atoms with Crippen LogP contribution >= 0.6 is 11.6 Å². The predicted molar refractivity (Wildman–Crippen MR) is 134 cm³/mol. The number of nitrogens with two attached hydrogens (primary N) is 1. The second kappa shape index (κ2) is 9.03. The van der Waals surface area contributed by atoms with Crippen LogP contribution in [0.25, 0.3) is 22.0 Å². The molecule has 0 atom stereocenters. The lowest BCUT2D eigenvalue weighted by atomic mass is 9.74. The van der Waals surface area contributed by atoms with Crippen LogP contribution in [0.5, 0.6) is 0 Å². The lowest BCUT2D eigenvalue weighted by molar-refractivity contribution is 0.252. The maximum Gasteiger partial charge on any atom is 0.0720 e. The Hall–Kier alpha value is -2.72. The molecule has 0 bridgehead atoms. The van der Waals surface area contributed by atoms with E-state index in [-0.39, 0.29) is 5.54 Å². The van der Waals surface area contributed by atoms with E-state index >= 15 is 0 Å². The van der Waals surface area contributed by atoms with Crippen molar-refractivity contribution in [2.24, 2.45) is 5.73 Å². The van der Waals surface area contributed by atoms with Gasteiger partial charge in [-0.25, -0.2) is 0 Å². The molecule has 3 aromatic carbocycles. The van der Waals surface area contributed by atoms with Gasteiger partial charge < -0.3 is 11.1 Å². The molecule has 32 heavy (non-hydrogen) atoms. The smallest absolute Gasteiger partial charge is 0.0720 e. The summed E-state index contributed by atoms with van der Waals surface area (Å²) in [5.41, 5.74) is 12.5. The summed E-state index contributed by atoms with van der Waals surface area (Å²) in [6.07, 6.45) is 5.90. The Kier molecular flexibility index (Phi) is 5.97. The Balaban J connectivity index is 1.21. The maximum atomic E-state index is 6.94. The van der Waals surface area contributed by atoms with Crippen molar-refractivity contribution in [3.05, 3.63) is 101 Å². The van der Waals surface area contributed by atoms with Crippen molar-refractivity contribution >= 4 is 22.5 Å². The van der Waals surface area contributed by atoms with Crippen molar-refractivity contribution < 1.29 is 0 Å². The third kappa shape index (κ3) is 4.42. The van der Waals surface area contributed by atoms with Crippen LogP contribution in [0.4, 0.5) is 0 Å². The number of benzene rings is 3. The van der Waals surface area contributed by atoms with Crippen LogP contribution in [0.15, 0.2) is 85.1 Å². The van der Waals surface area contributed by atoms with E-state index in [9.17, 15) is 0 Å². The minimum Gasteiger partial charge on any atom is -0.321 e. The molecule has 1 fully saturated rings. The van der Waals surface area contributed by atoms with Crippen LogP contribution in [0.2, 0.25) is 5.02 Å². The highest BCUT2D eigenvalue weighted by atomic mass is 35.5. The monoisotopic (exact) mass is 441 g/mol. The molecule has 1 aliphatic rings. The van der Waals surface area contributed by atoms with E-state index in [1.165, 1.54) is 22.3 Å². The highest BCUT2D eigenvalue weighted by molar-refractivity contribution is 6.31. The number of aromatic nitrogens is 1. The van der Waals surface area contributed by atoms with Gasteiger partial charge in [0.05, 0.1) is 5.52 Å². The van der Waals surface area contributed by atoms with Gasteiger partial charge in [0, 0.05) is 34.7 Å². The van der Waals surface area contributed by atoms with Crippen LogP contribution in [0.3, 0.4) is 0 Å². The molecule has 1 aliphatic carbocycles. The number of hydrogen-bond acceptors (Lipinski definition) is 3. The fourth-order valence-corrected chi connectivity index (χ4v) is 5.04. The summed E-state index contributed by atoms with van der Waals surface area (Å²) in [6, 6.07) is 27.8. The minimum atomic E-state index is -0.315. The second-order valence-corrected chi connectivity index (χ2v) is 9.33. The summed E-state index contributed by atoms with van der Waals surface area (Å²) >= 11 is 6.16. The number of pyridine rings is 1. The molecular formula is C28H28ClN3. The Labute approximate surface area is 194 Å². The number of fused-ring (bicyclic) bond motifs is 1. The molecule has 1 heterocycles. The number of nitrogens with one attached hydrogen (secondary N) is 1. The zero-order valence-corrected chi connectivity index (χ0v) is 18.9. The maximum absolute atomic E-state index is 6.94. The summed E-state index contributed by atoms with van der Waals surface area (Å²) < 4.78 is 0. The Morgan fingerprint density at radius 2 is 1.62 bits per heavy atom. The van der Waals surface area contributed by atoms with Crippen molar-refractivity contribution in [1.29, 1.82) is 0 Å². The molecule has 162 valence electrons. The number of halogens is 1. The van der Waals surface area contributed by atoms with Crippen molar-refractivity contribution in [2.75, 3.05) is 0 Å². The first-order chi connectivity index (χ1) is 15.6. The molecule has 0 aliphatic heterocycles. The summed E-state index contributed by atoms with van der Waals surface area (Å²) in [7, 11) is 0. The molecule has 0 spiro atoms. The van der Waals surface area contributed by atoms with Crippen molar-refractivity contribution in [3.8, 4) is 11.1 Å². The molecule has 0 saturated heterocycles. The standard InChI is InChI=1S/C28H28ClN3/c29-23-10-11-25-26(14-17-31-27(25)18-23)28(30)15-12-24(13-16-28)32-19-20-6-8-22(9-7-20)21-4-2-1-3-5-21/h1-11,14,17-18,24,32H,12-13,15-16,19,30H2. The highest BCUT2D eigenvalue weighted by Crippen LogP contribution is 2.38. The summed E-state index contributed by atoms with van der Waals surface area (Å²) in [5.74, 6) is 0. The molecule has 3 N–H and O–H groups in total. The predicted octanol–water partition coefficient (Wildman–Crippen LogP) is 6.44. The fraction of sp³-hybridized carbons (Fsp3) is 0.250. The summed E-state index contributed by atoms with van der Waals surface area (Å²) in [4.78, 5) is 4.48. The first kappa shape index (κ1) is 21.1. The second-order valence-electron chi connectivity index (χ2n) is 8.89. The minimum absolute atomic E-state index is 0.315. The third-order valence-electron chi connectivity index (χ3n) is 6.77. The van der Waals surface area contributed by atoms with Crippen LogP contribution in [-0.2, 0) is 12.1 Å². The van der Waals surface area contributed by atoms with Gasteiger partial charge in [-0.15, -0.1) is 0 Å². The average molecular weight is 442 g/mol. The quantitative estimate of drug-likeness (QED) is 0.374. The van der Waals surface area contributed by atoms with Gasteiger partial charge in [-0.1, -0.05) is 72.3 Å². The Morgan fingerprint density at radius 1 is 0.906 bits per heavy atom. The van der Waals surface area contributed by atoms with Crippen molar-refractivity contribution in [2.45, 2.75) is 43.8 Å². The summed E-state index contributed by atoms with van der Waals surface area (Å²) in [5, 5.41) is 5.57. The van der Waals surface area contributed by atoms with Gasteiger partial charge in [-0.2, -0.15) is 0 Å². The van der Waals surface area contributed by atoms with Gasteiger partial charge in [0.2, 0.25) is 0 Å². The number of hydrogen-bond donors (Lipinski definition) is 2. The normalized spacial score (nSPS) is 21.0. The third-order valence-corrected chi connectivity index (χ3v) is 7.01. The van der Waals surface area contributed by atoms with E-state index in [1.807, 2.05) is 18.3 Å². The summed E-state index contributed by atoms with van der Waals surface area (Å²) in [6.45, 7) is 0.883. The van der Waals surface area contributed by atoms with E-state index in [4.69, 9.17) is 17.3 Å². The van der Waals surface area contributed by atoms with E-state index in [2.05, 4.69) is 77.0 Å². The SMILES string of the molecule is NC1(c2ccnc3cc(Cl)ccc23)CCC(NCc2ccc(-c3ccccc3)cc2)CC1. The molecule has 4 aromatic rings. The van der Waals surface area contributed by atoms with Crippen molar-refractivity contribution in [1.82, 2.24) is 10.3 Å². The van der Waals surface area contributed by atoms with E-state index in [0.29, 0.717) is 11.1 Å². The molecule has 4 heteroatoms. The molecule has 0 unspecified atom stereocenters. The van der Waals surface area contributed by atoms with E-state index < -0.39 is 0 Å². The van der Waals surface area contributed by atoms with Gasteiger partial charge in [0.25, 0.3) is 0 Å². The van der Waals surface area contributed by atoms with Gasteiger partial charge >= 0.3 is 0 Å². The molecule has 5 rings (SSSR count). The zero-order valence-electron chi connectivity index (χ0n) is 18.1. The molecule has 1 saturated carbocycles. The zero-order chi connectivity index (χ0) is 22.0. The van der Waals surface area contributed by atoms with Crippen LogP contribution < -0.4 is 11.1 Å². The first-order valence-electron chi connectivity index (χ1n) is 11.3. The van der Waals surface area contributed by atoms with Gasteiger partial charge in [0.1, 0.15) is 0 Å². The van der Waals surface area contributed by atoms with Crippen LogP contribution in [0.1, 0.15) is 36.8 Å². The molecule has 1 aromatic heterocycles. The molecule has 0 amide bonds. The Bertz CT molecular complexity index is 1200. The molecular weight excluding hydrogens is 414 g/mol. The topological polar surface area (TPSA) is 50.9 Å². The highest BCUT2D eigenvalue weighted by Gasteiger charge is 2.34. The van der Waals surface area contributed by atoms with E-state index in [1.54, 1.807) is 0 Å². The molecule has 0 radical (unpaired) electrons. The van der Waals surface area contributed by atoms with Crippen LogP contribution in [-0.4, -0.2) is 11.0 Å². The number of nitrogens with zero attached hydrogens (tertiary/aromatic N) is 1. The van der Waals surface area contributed by atoms with Gasteiger partial charge in [-0.3, -0.25) is 4.98 Å². The van der Waals surface area contributed by atoms with Gasteiger partial charge in [0.15, 0.2) is 0 Å². The first-order valence-corrected chi connectivity index (χ1v) is 11.7. The lowest BCUT2D eigenvalue weighted by Gasteiger charge is -2.38. The average Bonchev–Trinajstić information content (AvgIpc) is 2.84. The van der Waals surface area contributed by atoms with Crippen molar-refractivity contribution in [3.63, 3.8) is 0 Å². The Morgan fingerprint density at radius 3 is 2.38 bits per heavy atom. The fourth-order valence-electron chi connectivity index (χ4n) is 4.87. The number of rotatable bonds is 5. The van der Waals surface area contributed by atoms with Crippen LogP contribution in [0, 0.1) is 0 Å². The van der Waals surface area contributed by atoms with Gasteiger partial charge in [-0.05, 0) is 66.1 Å². The van der Waals surface area contributed by atoms with E-state index in [0.717, 1.165) is 43.1 Å². The molecule has 3 nitrogen and oxygen atoms in total. The lowest BCUT2D eigenvalue weighted by Crippen LogP contribution is -2.45.